The fraction of sp³-hybridized carbons (Fsp3) is 0.609. The first kappa shape index (κ1) is 19.2. The number of amides is 1. The van der Waals surface area contributed by atoms with Gasteiger partial charge in [0.2, 0.25) is 5.91 Å². The van der Waals surface area contributed by atoms with Gasteiger partial charge in [-0.1, -0.05) is 30.0 Å². The molecule has 29 heavy (non-hydrogen) atoms. The van der Waals surface area contributed by atoms with Crippen LogP contribution in [0.15, 0.2) is 35.5 Å². The molecule has 1 atom stereocenters. The maximum absolute atomic E-state index is 12.8. The van der Waals surface area contributed by atoms with Crippen LogP contribution in [0.2, 0.25) is 0 Å². The minimum atomic E-state index is 0.110. The van der Waals surface area contributed by atoms with E-state index in [1.54, 1.807) is 0 Å². The van der Waals surface area contributed by atoms with Crippen LogP contribution < -0.4 is 5.32 Å². The number of aromatic nitrogens is 3. The maximum Gasteiger partial charge on any atom is 0.230 e. The molecule has 4 aliphatic rings. The number of carbonyl (C=O) groups is 1. The zero-order chi connectivity index (χ0) is 20.0. The van der Waals surface area contributed by atoms with Crippen molar-refractivity contribution in [3.63, 3.8) is 0 Å². The Morgan fingerprint density at radius 3 is 2.38 bits per heavy atom. The minimum absolute atomic E-state index is 0.110. The average Bonchev–Trinajstić information content (AvgIpc) is 3.06. The summed E-state index contributed by atoms with van der Waals surface area (Å²) in [4.78, 5) is 12.8. The van der Waals surface area contributed by atoms with Crippen LogP contribution in [-0.2, 0) is 4.79 Å². The second-order valence-electron chi connectivity index (χ2n) is 9.56. The highest BCUT2D eigenvalue weighted by Crippen LogP contribution is 2.61. The van der Waals surface area contributed by atoms with Gasteiger partial charge in [0.1, 0.15) is 5.82 Å². The van der Waals surface area contributed by atoms with Gasteiger partial charge < -0.3 is 5.32 Å². The Labute approximate surface area is 177 Å². The molecule has 4 saturated carbocycles. The number of thioether (sulfide) groups is 1. The highest BCUT2D eigenvalue weighted by Gasteiger charge is 2.53. The lowest BCUT2D eigenvalue weighted by atomic mass is 9.48. The first-order valence-corrected chi connectivity index (χ1v) is 11.9. The van der Waals surface area contributed by atoms with Crippen molar-refractivity contribution in [3.8, 4) is 5.69 Å². The second-order valence-corrected chi connectivity index (χ2v) is 10.5. The summed E-state index contributed by atoms with van der Waals surface area (Å²) in [5, 5.41) is 12.6. The molecule has 0 spiro atoms. The molecule has 5 nitrogen and oxygen atoms in total. The molecule has 2 aromatic rings. The molecule has 1 aromatic heterocycles. The van der Waals surface area contributed by atoms with Crippen molar-refractivity contribution in [2.24, 2.45) is 23.2 Å². The van der Waals surface area contributed by atoms with Crippen LogP contribution in [-0.4, -0.2) is 32.5 Å². The normalized spacial score (nSPS) is 31.0. The van der Waals surface area contributed by atoms with Gasteiger partial charge in [0.15, 0.2) is 5.16 Å². The zero-order valence-electron chi connectivity index (χ0n) is 17.3. The molecule has 1 heterocycles. The number of nitrogens with zero attached hydrogens (tertiary/aromatic N) is 3. The van der Waals surface area contributed by atoms with E-state index in [2.05, 4.69) is 22.4 Å². The van der Waals surface area contributed by atoms with E-state index in [9.17, 15) is 4.79 Å². The van der Waals surface area contributed by atoms with Crippen molar-refractivity contribution in [1.29, 1.82) is 0 Å². The van der Waals surface area contributed by atoms with Crippen LogP contribution in [0.25, 0.3) is 5.69 Å². The lowest BCUT2D eigenvalue weighted by molar-refractivity contribution is -0.123. The summed E-state index contributed by atoms with van der Waals surface area (Å²) in [6.07, 6.45) is 8.25. The van der Waals surface area contributed by atoms with Crippen molar-refractivity contribution in [2.45, 2.75) is 63.6 Å². The first-order chi connectivity index (χ1) is 14.0. The standard InChI is InChI=1S/C23H30N4OS/c1-15(23-11-17-8-18(12-23)10-19(9-17)13-23)24-21(28)14-29-22-26-25-16(2)27(22)20-6-4-3-5-7-20/h3-7,15,17-19H,8-14H2,1-2H3,(H,24,28)/t15-,17?,18?,19?,23?/m1/s1. The quantitative estimate of drug-likeness (QED) is 0.718. The van der Waals surface area contributed by atoms with Crippen molar-refractivity contribution in [2.75, 3.05) is 5.75 Å². The fourth-order valence-corrected chi connectivity index (χ4v) is 7.39. The van der Waals surface area contributed by atoms with Gasteiger partial charge in [0, 0.05) is 11.7 Å². The van der Waals surface area contributed by atoms with Gasteiger partial charge in [0.25, 0.3) is 0 Å². The number of hydrogen-bond donors (Lipinski definition) is 1. The summed E-state index contributed by atoms with van der Waals surface area (Å²) in [5.74, 6) is 4.04. The molecule has 4 aliphatic carbocycles. The third kappa shape index (κ3) is 3.60. The lowest BCUT2D eigenvalue weighted by Crippen LogP contribution is -2.56. The van der Waals surface area contributed by atoms with Crippen LogP contribution >= 0.6 is 11.8 Å². The maximum atomic E-state index is 12.8. The van der Waals surface area contributed by atoms with Crippen LogP contribution in [0.4, 0.5) is 0 Å². The Bertz CT molecular complexity index is 858. The molecule has 1 aromatic carbocycles. The third-order valence-electron chi connectivity index (χ3n) is 7.52. The van der Waals surface area contributed by atoms with E-state index in [1.165, 1.54) is 50.3 Å². The molecule has 0 saturated heterocycles. The highest BCUT2D eigenvalue weighted by atomic mass is 32.2. The van der Waals surface area contributed by atoms with Crippen molar-refractivity contribution >= 4 is 17.7 Å². The molecule has 0 radical (unpaired) electrons. The third-order valence-corrected chi connectivity index (χ3v) is 8.45. The number of rotatable bonds is 6. The predicted molar refractivity (Wildman–Crippen MR) is 115 cm³/mol. The van der Waals surface area contributed by atoms with Gasteiger partial charge >= 0.3 is 0 Å². The minimum Gasteiger partial charge on any atom is -0.352 e. The van der Waals surface area contributed by atoms with Crippen LogP contribution in [0, 0.1) is 30.1 Å². The number of hydrogen-bond acceptors (Lipinski definition) is 4. The predicted octanol–water partition coefficient (Wildman–Crippen LogP) is 4.39. The number of aryl methyl sites for hydroxylation is 1. The molecular weight excluding hydrogens is 380 g/mol. The number of benzene rings is 1. The molecule has 0 aliphatic heterocycles. The number of nitrogens with one attached hydrogen (secondary N) is 1. The van der Waals surface area contributed by atoms with Gasteiger partial charge in [-0.05, 0) is 87.7 Å². The Morgan fingerprint density at radius 2 is 1.76 bits per heavy atom. The Kier molecular flexibility index (Phi) is 4.93. The zero-order valence-corrected chi connectivity index (χ0v) is 18.1. The summed E-state index contributed by atoms with van der Waals surface area (Å²) in [6, 6.07) is 10.3. The van der Waals surface area contributed by atoms with E-state index in [1.807, 2.05) is 41.8 Å². The molecule has 154 valence electrons. The van der Waals surface area contributed by atoms with Gasteiger partial charge in [-0.25, -0.2) is 0 Å². The van der Waals surface area contributed by atoms with E-state index in [4.69, 9.17) is 0 Å². The summed E-state index contributed by atoms with van der Waals surface area (Å²) in [6.45, 7) is 4.19. The molecule has 4 bridgehead atoms. The SMILES string of the molecule is Cc1nnc(SCC(=O)N[C@H](C)C23CC4CC(CC(C4)C2)C3)n1-c1ccccc1. The number of carbonyl (C=O) groups excluding carboxylic acids is 1. The average molecular weight is 411 g/mol. The van der Waals surface area contributed by atoms with Gasteiger partial charge in [-0.15, -0.1) is 10.2 Å². The van der Waals surface area contributed by atoms with E-state index >= 15 is 0 Å². The topological polar surface area (TPSA) is 59.8 Å². The molecule has 1 amide bonds. The van der Waals surface area contributed by atoms with E-state index in [0.29, 0.717) is 11.2 Å². The lowest BCUT2D eigenvalue weighted by Gasteiger charge is -2.59. The van der Waals surface area contributed by atoms with Crippen molar-refractivity contribution in [1.82, 2.24) is 20.1 Å². The monoisotopic (exact) mass is 410 g/mol. The molecule has 0 unspecified atom stereocenters. The summed E-state index contributed by atoms with van der Waals surface area (Å²) < 4.78 is 2.01. The molecule has 6 rings (SSSR count). The largest absolute Gasteiger partial charge is 0.352 e. The Morgan fingerprint density at radius 1 is 1.14 bits per heavy atom. The Balaban J connectivity index is 1.23. The second kappa shape index (κ2) is 7.46. The smallest absolute Gasteiger partial charge is 0.230 e. The van der Waals surface area contributed by atoms with E-state index in [0.717, 1.165) is 34.4 Å². The first-order valence-electron chi connectivity index (χ1n) is 10.9. The molecule has 1 N–H and O–H groups in total. The molecule has 4 fully saturated rings. The summed E-state index contributed by atoms with van der Waals surface area (Å²) >= 11 is 1.47. The summed E-state index contributed by atoms with van der Waals surface area (Å²) in [5.41, 5.74) is 1.37. The van der Waals surface area contributed by atoms with E-state index < -0.39 is 0 Å². The van der Waals surface area contributed by atoms with Crippen LogP contribution in [0.1, 0.15) is 51.3 Å². The van der Waals surface area contributed by atoms with Crippen LogP contribution in [0.5, 0.6) is 0 Å². The van der Waals surface area contributed by atoms with Gasteiger partial charge in [-0.3, -0.25) is 9.36 Å². The fourth-order valence-electron chi connectivity index (χ4n) is 6.59. The van der Waals surface area contributed by atoms with Crippen LogP contribution in [0.3, 0.4) is 0 Å². The van der Waals surface area contributed by atoms with Crippen molar-refractivity contribution < 1.29 is 4.79 Å². The van der Waals surface area contributed by atoms with Gasteiger partial charge in [0.05, 0.1) is 5.75 Å². The van der Waals surface area contributed by atoms with Crippen molar-refractivity contribution in [3.05, 3.63) is 36.2 Å². The number of para-hydroxylation sites is 1. The molecular formula is C23H30N4OS. The Hall–Kier alpha value is -1.82. The summed E-state index contributed by atoms with van der Waals surface area (Å²) in [7, 11) is 0. The van der Waals surface area contributed by atoms with Gasteiger partial charge in [-0.2, -0.15) is 0 Å². The molecule has 6 heteroatoms. The highest BCUT2D eigenvalue weighted by molar-refractivity contribution is 7.99. The van der Waals surface area contributed by atoms with E-state index in [-0.39, 0.29) is 11.9 Å².